The number of hydrogen-bond donors (Lipinski definition) is 3. The number of halogens is 2. The molecule has 0 radical (unpaired) electrons. The molecule has 29 heavy (non-hydrogen) atoms. The van der Waals surface area contributed by atoms with E-state index in [1.807, 2.05) is 13.8 Å². The number of hydrazine groups is 1. The van der Waals surface area contributed by atoms with Crippen molar-refractivity contribution in [2.45, 2.75) is 20.3 Å². The van der Waals surface area contributed by atoms with Crippen molar-refractivity contribution in [1.82, 2.24) is 10.9 Å². The number of nitrogens with one attached hydrogen (secondary N) is 3. The topological polar surface area (TPSA) is 96.5 Å². The molecule has 0 bridgehead atoms. The van der Waals surface area contributed by atoms with Crippen LogP contribution >= 0.6 is 23.2 Å². The second kappa shape index (κ2) is 10.7. The monoisotopic (exact) mass is 437 g/mol. The fourth-order valence-corrected chi connectivity index (χ4v) is 2.72. The molecule has 2 aromatic rings. The Morgan fingerprint density at radius 3 is 2.28 bits per heavy atom. The Hall–Kier alpha value is -2.77. The van der Waals surface area contributed by atoms with Crippen LogP contribution in [0.5, 0.6) is 5.75 Å². The van der Waals surface area contributed by atoms with Crippen molar-refractivity contribution in [2.75, 3.05) is 11.9 Å². The summed E-state index contributed by atoms with van der Waals surface area (Å²) in [6.45, 7) is 3.56. The molecule has 0 aliphatic carbocycles. The van der Waals surface area contributed by atoms with E-state index in [0.717, 1.165) is 0 Å². The van der Waals surface area contributed by atoms with Gasteiger partial charge in [-0.3, -0.25) is 25.2 Å². The van der Waals surface area contributed by atoms with Crippen LogP contribution in [0, 0.1) is 5.92 Å². The average Bonchev–Trinajstić information content (AvgIpc) is 2.65. The highest BCUT2D eigenvalue weighted by atomic mass is 35.5. The summed E-state index contributed by atoms with van der Waals surface area (Å²) in [7, 11) is 0. The predicted octanol–water partition coefficient (Wildman–Crippen LogP) is 3.82. The van der Waals surface area contributed by atoms with E-state index < -0.39 is 11.8 Å². The molecule has 3 N–H and O–H groups in total. The molecular weight excluding hydrogens is 417 g/mol. The number of carbonyl (C=O) groups is 3. The molecule has 0 fully saturated rings. The number of rotatable bonds is 7. The highest BCUT2D eigenvalue weighted by Gasteiger charge is 2.10. The number of amides is 3. The molecule has 0 aromatic heterocycles. The molecule has 7 nitrogen and oxygen atoms in total. The van der Waals surface area contributed by atoms with Crippen molar-refractivity contribution in [3.63, 3.8) is 0 Å². The zero-order valence-electron chi connectivity index (χ0n) is 15.9. The summed E-state index contributed by atoms with van der Waals surface area (Å²) < 4.78 is 5.28. The third-order valence-corrected chi connectivity index (χ3v) is 4.12. The summed E-state index contributed by atoms with van der Waals surface area (Å²) in [6.07, 6.45) is 0.414. The SMILES string of the molecule is CC(C)CC(=O)Nc1ccc(C(=O)NNC(=O)COc2ccc(Cl)cc2Cl)cc1. The zero-order valence-corrected chi connectivity index (χ0v) is 17.4. The minimum absolute atomic E-state index is 0.0924. The third-order valence-electron chi connectivity index (χ3n) is 3.59. The maximum atomic E-state index is 12.1. The van der Waals surface area contributed by atoms with Gasteiger partial charge in [0.05, 0.1) is 5.02 Å². The van der Waals surface area contributed by atoms with Crippen LogP contribution in [-0.2, 0) is 9.59 Å². The number of hydrogen-bond acceptors (Lipinski definition) is 4. The Kier molecular flexibility index (Phi) is 8.30. The van der Waals surface area contributed by atoms with Crippen molar-refractivity contribution in [3.05, 3.63) is 58.1 Å². The van der Waals surface area contributed by atoms with Crippen LogP contribution in [0.1, 0.15) is 30.6 Å². The lowest BCUT2D eigenvalue weighted by Gasteiger charge is -2.10. The van der Waals surface area contributed by atoms with Crippen LogP contribution in [-0.4, -0.2) is 24.3 Å². The van der Waals surface area contributed by atoms with E-state index in [1.165, 1.54) is 24.3 Å². The van der Waals surface area contributed by atoms with Crippen LogP contribution in [0.3, 0.4) is 0 Å². The summed E-state index contributed by atoms with van der Waals surface area (Å²) >= 11 is 11.7. The van der Waals surface area contributed by atoms with E-state index in [4.69, 9.17) is 27.9 Å². The van der Waals surface area contributed by atoms with Crippen LogP contribution in [0.2, 0.25) is 10.0 Å². The molecule has 2 rings (SSSR count). The fraction of sp³-hybridized carbons (Fsp3) is 0.250. The van der Waals surface area contributed by atoms with Gasteiger partial charge in [-0.05, 0) is 48.4 Å². The van der Waals surface area contributed by atoms with Gasteiger partial charge in [0, 0.05) is 22.7 Å². The lowest BCUT2D eigenvalue weighted by Crippen LogP contribution is -2.43. The summed E-state index contributed by atoms with van der Waals surface area (Å²) in [4.78, 5) is 35.7. The van der Waals surface area contributed by atoms with Gasteiger partial charge in [0.25, 0.3) is 11.8 Å². The molecule has 0 saturated heterocycles. The Balaban J connectivity index is 1.79. The standard InChI is InChI=1S/C20H21Cl2N3O4/c1-12(2)9-18(26)23-15-6-3-13(4-7-15)20(28)25-24-19(27)11-29-17-8-5-14(21)10-16(17)22/h3-8,10,12H,9,11H2,1-2H3,(H,23,26)(H,24,27)(H,25,28). The first kappa shape index (κ1) is 22.5. The van der Waals surface area contributed by atoms with Gasteiger partial charge < -0.3 is 10.1 Å². The fourth-order valence-electron chi connectivity index (χ4n) is 2.26. The Morgan fingerprint density at radius 1 is 0.966 bits per heavy atom. The van der Waals surface area contributed by atoms with Crippen molar-refractivity contribution >= 4 is 46.6 Å². The second-order valence-corrected chi connectivity index (χ2v) is 7.43. The van der Waals surface area contributed by atoms with Crippen molar-refractivity contribution in [1.29, 1.82) is 0 Å². The van der Waals surface area contributed by atoms with E-state index >= 15 is 0 Å². The zero-order chi connectivity index (χ0) is 21.4. The molecule has 3 amide bonds. The highest BCUT2D eigenvalue weighted by molar-refractivity contribution is 6.35. The van der Waals surface area contributed by atoms with Gasteiger partial charge in [-0.15, -0.1) is 0 Å². The first-order chi connectivity index (χ1) is 13.7. The molecule has 9 heteroatoms. The first-order valence-corrected chi connectivity index (χ1v) is 9.57. The smallest absolute Gasteiger partial charge is 0.276 e. The van der Waals surface area contributed by atoms with Crippen molar-refractivity contribution < 1.29 is 19.1 Å². The lowest BCUT2D eigenvalue weighted by atomic mass is 10.1. The molecule has 0 heterocycles. The van der Waals surface area contributed by atoms with E-state index in [0.29, 0.717) is 28.4 Å². The maximum Gasteiger partial charge on any atom is 0.276 e. The molecule has 2 aromatic carbocycles. The van der Waals surface area contributed by atoms with Gasteiger partial charge in [0.2, 0.25) is 5.91 Å². The highest BCUT2D eigenvalue weighted by Crippen LogP contribution is 2.27. The van der Waals surface area contributed by atoms with E-state index in [1.54, 1.807) is 18.2 Å². The van der Waals surface area contributed by atoms with Crippen LogP contribution < -0.4 is 20.9 Å². The predicted molar refractivity (Wildman–Crippen MR) is 112 cm³/mol. The van der Waals surface area contributed by atoms with Gasteiger partial charge in [-0.2, -0.15) is 0 Å². The second-order valence-electron chi connectivity index (χ2n) is 6.59. The normalized spacial score (nSPS) is 10.4. The van der Waals surface area contributed by atoms with E-state index in [2.05, 4.69) is 16.2 Å². The minimum Gasteiger partial charge on any atom is -0.482 e. The maximum absolute atomic E-state index is 12.1. The summed E-state index contributed by atoms with van der Waals surface area (Å²) in [5.74, 6) is -0.619. The minimum atomic E-state index is -0.568. The van der Waals surface area contributed by atoms with Crippen LogP contribution in [0.25, 0.3) is 0 Å². The van der Waals surface area contributed by atoms with Crippen LogP contribution in [0.15, 0.2) is 42.5 Å². The van der Waals surface area contributed by atoms with Gasteiger partial charge >= 0.3 is 0 Å². The van der Waals surface area contributed by atoms with Crippen molar-refractivity contribution in [3.8, 4) is 5.75 Å². The van der Waals surface area contributed by atoms with Crippen LogP contribution in [0.4, 0.5) is 5.69 Å². The Bertz CT molecular complexity index is 886. The lowest BCUT2D eigenvalue weighted by molar-refractivity contribution is -0.123. The number of carbonyl (C=O) groups excluding carboxylic acids is 3. The summed E-state index contributed by atoms with van der Waals surface area (Å²) in [6, 6.07) is 10.9. The molecule has 0 aliphatic rings. The first-order valence-electron chi connectivity index (χ1n) is 8.81. The molecular formula is C20H21Cl2N3O4. The summed E-state index contributed by atoms with van der Waals surface area (Å²) in [5, 5.41) is 3.48. The summed E-state index contributed by atoms with van der Waals surface area (Å²) in [5.41, 5.74) is 5.43. The van der Waals surface area contributed by atoms with Gasteiger partial charge in [0.15, 0.2) is 6.61 Å². The Morgan fingerprint density at radius 2 is 1.66 bits per heavy atom. The quantitative estimate of drug-likeness (QED) is 0.573. The molecule has 0 unspecified atom stereocenters. The average molecular weight is 438 g/mol. The molecule has 0 aliphatic heterocycles. The molecule has 0 spiro atoms. The Labute approximate surface area is 178 Å². The van der Waals surface area contributed by atoms with E-state index in [9.17, 15) is 14.4 Å². The number of ether oxygens (including phenoxy) is 1. The van der Waals surface area contributed by atoms with Gasteiger partial charge in [0.1, 0.15) is 5.75 Å². The third kappa shape index (κ3) is 7.63. The number of anilines is 1. The largest absolute Gasteiger partial charge is 0.482 e. The molecule has 0 atom stereocenters. The molecule has 0 saturated carbocycles. The van der Waals surface area contributed by atoms with Gasteiger partial charge in [-0.25, -0.2) is 0 Å². The number of benzene rings is 2. The van der Waals surface area contributed by atoms with Crippen molar-refractivity contribution in [2.24, 2.45) is 5.92 Å². The van der Waals surface area contributed by atoms with E-state index in [-0.39, 0.29) is 23.5 Å². The van der Waals surface area contributed by atoms with Gasteiger partial charge in [-0.1, -0.05) is 37.0 Å². The molecule has 154 valence electrons.